The molecular formula is C11H19N3S. The summed E-state index contributed by atoms with van der Waals surface area (Å²) in [5.41, 5.74) is 5.64. The van der Waals surface area contributed by atoms with E-state index < -0.39 is 0 Å². The van der Waals surface area contributed by atoms with Gasteiger partial charge in [0, 0.05) is 6.04 Å². The molecule has 15 heavy (non-hydrogen) atoms. The normalized spacial score (nSPS) is 26.5. The Morgan fingerprint density at radius 1 is 1.47 bits per heavy atom. The Morgan fingerprint density at radius 3 is 2.73 bits per heavy atom. The minimum Gasteiger partial charge on any atom is -0.389 e. The average molecular weight is 225 g/mol. The highest BCUT2D eigenvalue weighted by Gasteiger charge is 2.20. The number of nitrogen functional groups attached to an aromatic ring is 1. The number of hydrogen-bond donors (Lipinski definition) is 2. The molecule has 3 nitrogen and oxygen atoms in total. The van der Waals surface area contributed by atoms with Crippen molar-refractivity contribution in [3.05, 3.63) is 6.20 Å². The summed E-state index contributed by atoms with van der Waals surface area (Å²) in [6, 6.07) is 0.610. The Kier molecular flexibility index (Phi) is 3.46. The van der Waals surface area contributed by atoms with Gasteiger partial charge in [0.1, 0.15) is 5.00 Å². The Hall–Kier alpha value is -0.770. The minimum atomic E-state index is 0.610. The largest absolute Gasteiger partial charge is 0.389 e. The van der Waals surface area contributed by atoms with E-state index in [1.54, 1.807) is 17.5 Å². The number of nitrogens with one attached hydrogen (secondary N) is 1. The van der Waals surface area contributed by atoms with Gasteiger partial charge in [0.15, 0.2) is 5.13 Å². The van der Waals surface area contributed by atoms with Gasteiger partial charge >= 0.3 is 0 Å². The molecule has 0 aliphatic heterocycles. The van der Waals surface area contributed by atoms with Crippen LogP contribution in [0.2, 0.25) is 0 Å². The number of anilines is 2. The number of aromatic nitrogens is 1. The maximum absolute atomic E-state index is 5.64. The molecule has 0 bridgehead atoms. The van der Waals surface area contributed by atoms with Crippen molar-refractivity contribution in [1.29, 1.82) is 0 Å². The summed E-state index contributed by atoms with van der Waals surface area (Å²) >= 11 is 1.54. The fourth-order valence-electron chi connectivity index (χ4n) is 2.24. The maximum Gasteiger partial charge on any atom is 0.184 e. The van der Waals surface area contributed by atoms with E-state index in [1.807, 2.05) is 0 Å². The van der Waals surface area contributed by atoms with Crippen molar-refractivity contribution in [3.63, 3.8) is 0 Å². The van der Waals surface area contributed by atoms with Crippen LogP contribution in [0.5, 0.6) is 0 Å². The van der Waals surface area contributed by atoms with Gasteiger partial charge in [0.25, 0.3) is 0 Å². The molecule has 1 aliphatic carbocycles. The van der Waals surface area contributed by atoms with Crippen molar-refractivity contribution < 1.29 is 0 Å². The lowest BCUT2D eigenvalue weighted by Gasteiger charge is -2.28. The molecule has 0 radical (unpaired) electrons. The van der Waals surface area contributed by atoms with Gasteiger partial charge in [-0.3, -0.25) is 0 Å². The molecular weight excluding hydrogens is 206 g/mol. The molecule has 1 fully saturated rings. The van der Waals surface area contributed by atoms with Crippen LogP contribution < -0.4 is 11.1 Å². The molecule has 4 heteroatoms. The number of thiazole rings is 1. The van der Waals surface area contributed by atoms with E-state index in [1.165, 1.54) is 32.1 Å². The van der Waals surface area contributed by atoms with Gasteiger partial charge in [-0.2, -0.15) is 0 Å². The summed E-state index contributed by atoms with van der Waals surface area (Å²) in [6.07, 6.45) is 8.32. The van der Waals surface area contributed by atoms with Crippen LogP contribution in [0.4, 0.5) is 10.1 Å². The first-order chi connectivity index (χ1) is 7.28. The lowest BCUT2D eigenvalue weighted by Crippen LogP contribution is -2.25. The molecule has 0 unspecified atom stereocenters. The zero-order valence-corrected chi connectivity index (χ0v) is 10.0. The third-order valence-corrected chi connectivity index (χ3v) is 4.03. The SMILES string of the molecule is CCC1CCC(Nc2ncc(N)s2)CC1. The number of nitrogens with zero attached hydrogens (tertiary/aromatic N) is 1. The Labute approximate surface area is 95.1 Å². The van der Waals surface area contributed by atoms with Crippen molar-refractivity contribution in [1.82, 2.24) is 4.98 Å². The van der Waals surface area contributed by atoms with Crippen LogP contribution in [0.25, 0.3) is 0 Å². The van der Waals surface area contributed by atoms with E-state index in [2.05, 4.69) is 17.2 Å². The van der Waals surface area contributed by atoms with Gasteiger partial charge in [-0.1, -0.05) is 24.7 Å². The first-order valence-corrected chi connectivity index (χ1v) is 6.57. The lowest BCUT2D eigenvalue weighted by atomic mass is 9.85. The van der Waals surface area contributed by atoms with E-state index in [0.717, 1.165) is 16.1 Å². The van der Waals surface area contributed by atoms with Gasteiger partial charge in [-0.25, -0.2) is 4.98 Å². The lowest BCUT2D eigenvalue weighted by molar-refractivity contribution is 0.330. The maximum atomic E-state index is 5.64. The summed E-state index contributed by atoms with van der Waals surface area (Å²) in [6.45, 7) is 2.29. The summed E-state index contributed by atoms with van der Waals surface area (Å²) in [4.78, 5) is 4.23. The van der Waals surface area contributed by atoms with Crippen LogP contribution in [0.3, 0.4) is 0 Å². The van der Waals surface area contributed by atoms with Crippen molar-refractivity contribution in [2.24, 2.45) is 5.92 Å². The van der Waals surface area contributed by atoms with Crippen LogP contribution in [-0.4, -0.2) is 11.0 Å². The molecule has 3 N–H and O–H groups in total. The smallest absolute Gasteiger partial charge is 0.184 e. The molecule has 1 heterocycles. The molecule has 0 atom stereocenters. The van der Waals surface area contributed by atoms with Crippen molar-refractivity contribution in [3.8, 4) is 0 Å². The minimum absolute atomic E-state index is 0.610. The first-order valence-electron chi connectivity index (χ1n) is 5.75. The third-order valence-electron chi connectivity index (χ3n) is 3.28. The average Bonchev–Trinajstić information content (AvgIpc) is 2.65. The second-order valence-corrected chi connectivity index (χ2v) is 5.40. The van der Waals surface area contributed by atoms with Gasteiger partial charge in [0.2, 0.25) is 0 Å². The van der Waals surface area contributed by atoms with Crippen LogP contribution in [0.1, 0.15) is 39.0 Å². The van der Waals surface area contributed by atoms with E-state index in [-0.39, 0.29) is 0 Å². The first kappa shape index (κ1) is 10.7. The monoisotopic (exact) mass is 225 g/mol. The topological polar surface area (TPSA) is 50.9 Å². The molecule has 0 saturated heterocycles. The van der Waals surface area contributed by atoms with Crippen LogP contribution >= 0.6 is 11.3 Å². The molecule has 1 aromatic rings. The molecule has 1 aromatic heterocycles. The summed E-state index contributed by atoms with van der Waals surface area (Å²) in [5.74, 6) is 0.949. The molecule has 2 rings (SSSR count). The molecule has 1 aliphatic rings. The van der Waals surface area contributed by atoms with Crippen molar-refractivity contribution in [2.75, 3.05) is 11.1 Å². The fraction of sp³-hybridized carbons (Fsp3) is 0.727. The van der Waals surface area contributed by atoms with Gasteiger partial charge < -0.3 is 11.1 Å². The van der Waals surface area contributed by atoms with E-state index >= 15 is 0 Å². The fourth-order valence-corrected chi connectivity index (χ4v) is 2.90. The van der Waals surface area contributed by atoms with Gasteiger partial charge in [-0.15, -0.1) is 0 Å². The number of rotatable bonds is 3. The predicted molar refractivity (Wildman–Crippen MR) is 66.2 cm³/mol. The van der Waals surface area contributed by atoms with Gasteiger partial charge in [-0.05, 0) is 31.6 Å². The Balaban J connectivity index is 1.82. The van der Waals surface area contributed by atoms with Gasteiger partial charge in [0.05, 0.1) is 6.20 Å². The van der Waals surface area contributed by atoms with Crippen LogP contribution in [0, 0.1) is 5.92 Å². The van der Waals surface area contributed by atoms with E-state index in [4.69, 9.17) is 5.73 Å². The van der Waals surface area contributed by atoms with Crippen molar-refractivity contribution >= 4 is 21.5 Å². The van der Waals surface area contributed by atoms with E-state index in [9.17, 15) is 0 Å². The zero-order chi connectivity index (χ0) is 10.7. The summed E-state index contributed by atoms with van der Waals surface area (Å²) < 4.78 is 0. The second-order valence-electron chi connectivity index (χ2n) is 4.34. The molecule has 0 amide bonds. The molecule has 0 aromatic carbocycles. The Morgan fingerprint density at radius 2 is 2.20 bits per heavy atom. The third kappa shape index (κ3) is 2.84. The van der Waals surface area contributed by atoms with Crippen molar-refractivity contribution in [2.45, 2.75) is 45.1 Å². The second kappa shape index (κ2) is 4.84. The quantitative estimate of drug-likeness (QED) is 0.831. The Bertz CT molecular complexity index is 303. The summed E-state index contributed by atoms with van der Waals surface area (Å²) in [5, 5.41) is 5.24. The number of nitrogens with two attached hydrogens (primary N) is 1. The summed E-state index contributed by atoms with van der Waals surface area (Å²) in [7, 11) is 0. The highest BCUT2D eigenvalue weighted by Crippen LogP contribution is 2.29. The van der Waals surface area contributed by atoms with Crippen LogP contribution in [0.15, 0.2) is 6.20 Å². The van der Waals surface area contributed by atoms with Crippen LogP contribution in [-0.2, 0) is 0 Å². The molecule has 1 saturated carbocycles. The number of hydrogen-bond acceptors (Lipinski definition) is 4. The van der Waals surface area contributed by atoms with E-state index in [0.29, 0.717) is 6.04 Å². The molecule has 84 valence electrons. The highest BCUT2D eigenvalue weighted by molar-refractivity contribution is 7.19. The molecule has 0 spiro atoms. The zero-order valence-electron chi connectivity index (χ0n) is 9.20. The highest BCUT2D eigenvalue weighted by atomic mass is 32.1. The predicted octanol–water partition coefficient (Wildman–Crippen LogP) is 3.11. The standard InChI is InChI=1S/C11H19N3S/c1-2-8-3-5-9(6-4-8)14-11-13-7-10(12)15-11/h7-9H,2-6,12H2,1H3,(H,13,14).